The van der Waals surface area contributed by atoms with Crippen LogP contribution in [-0.4, -0.2) is 25.2 Å². The molecule has 2 rings (SSSR count). The summed E-state index contributed by atoms with van der Waals surface area (Å²) in [6.45, 7) is 3.99. The third kappa shape index (κ3) is 3.74. The molecule has 1 aliphatic rings. The van der Waals surface area contributed by atoms with E-state index in [1.165, 1.54) is 5.56 Å². The Morgan fingerprint density at radius 2 is 2.22 bits per heavy atom. The van der Waals surface area contributed by atoms with Gasteiger partial charge in [-0.3, -0.25) is 0 Å². The van der Waals surface area contributed by atoms with Gasteiger partial charge in [0.05, 0.1) is 0 Å². The summed E-state index contributed by atoms with van der Waals surface area (Å²) in [5, 5.41) is 6.16. The molecule has 1 heterocycles. The molecule has 0 aromatic heterocycles. The first-order chi connectivity index (χ1) is 8.78. The number of carbonyl (C=O) groups excluding carboxylic acids is 1. The van der Waals surface area contributed by atoms with Gasteiger partial charge in [0.25, 0.3) is 0 Å². The van der Waals surface area contributed by atoms with E-state index in [-0.39, 0.29) is 12.1 Å². The topological polar surface area (TPSA) is 50.4 Å². The maximum atomic E-state index is 11.7. The van der Waals surface area contributed by atoms with Crippen LogP contribution in [0.3, 0.4) is 0 Å². The monoisotopic (exact) mass is 248 g/mol. The van der Waals surface area contributed by atoms with Crippen LogP contribution >= 0.6 is 0 Å². The van der Waals surface area contributed by atoms with Crippen LogP contribution in [-0.2, 0) is 6.42 Å². The third-order valence-electron chi connectivity index (χ3n) is 3.18. The number of nitrogens with one attached hydrogen (secondary N) is 2. The Balaban J connectivity index is 1.85. The van der Waals surface area contributed by atoms with Crippen molar-refractivity contribution < 1.29 is 9.53 Å². The molecule has 1 fully saturated rings. The molecule has 1 aliphatic heterocycles. The van der Waals surface area contributed by atoms with Gasteiger partial charge in [0.15, 0.2) is 0 Å². The van der Waals surface area contributed by atoms with Crippen molar-refractivity contribution in [2.75, 3.05) is 13.1 Å². The Morgan fingerprint density at radius 1 is 1.44 bits per heavy atom. The van der Waals surface area contributed by atoms with Gasteiger partial charge in [-0.25, -0.2) is 4.79 Å². The number of rotatable bonds is 3. The van der Waals surface area contributed by atoms with Crippen LogP contribution in [0.1, 0.15) is 25.3 Å². The average Bonchev–Trinajstić information content (AvgIpc) is 2.40. The molecule has 98 valence electrons. The molecule has 4 nitrogen and oxygen atoms in total. The number of piperidine rings is 1. The molecule has 0 radical (unpaired) electrons. The number of hydrogen-bond donors (Lipinski definition) is 2. The average molecular weight is 248 g/mol. The van der Waals surface area contributed by atoms with Crippen LogP contribution in [0.5, 0.6) is 5.75 Å². The number of benzene rings is 1. The molecule has 1 aromatic rings. The molecule has 0 bridgehead atoms. The fraction of sp³-hybridized carbons (Fsp3) is 0.500. The Kier molecular flexibility index (Phi) is 4.59. The normalized spacial score (nSPS) is 16.3. The Bertz CT molecular complexity index is 401. The molecule has 1 saturated heterocycles. The molecule has 0 saturated carbocycles. The molecule has 2 N–H and O–H groups in total. The van der Waals surface area contributed by atoms with E-state index in [2.05, 4.69) is 17.6 Å². The van der Waals surface area contributed by atoms with Crippen molar-refractivity contribution in [1.29, 1.82) is 0 Å². The first kappa shape index (κ1) is 12.9. The first-order valence-electron chi connectivity index (χ1n) is 6.56. The van der Waals surface area contributed by atoms with Crippen LogP contribution in [0.4, 0.5) is 4.79 Å². The molecule has 0 unspecified atom stereocenters. The Hall–Kier alpha value is -1.55. The van der Waals surface area contributed by atoms with Gasteiger partial charge in [-0.2, -0.15) is 0 Å². The van der Waals surface area contributed by atoms with Crippen molar-refractivity contribution in [3.8, 4) is 5.75 Å². The second-order valence-electron chi connectivity index (χ2n) is 4.56. The van der Waals surface area contributed by atoms with E-state index in [1.54, 1.807) is 6.07 Å². The highest BCUT2D eigenvalue weighted by atomic mass is 16.6. The van der Waals surface area contributed by atoms with Gasteiger partial charge in [-0.1, -0.05) is 19.1 Å². The van der Waals surface area contributed by atoms with Gasteiger partial charge in [0, 0.05) is 6.04 Å². The summed E-state index contributed by atoms with van der Waals surface area (Å²) in [4.78, 5) is 11.7. The Morgan fingerprint density at radius 3 is 2.94 bits per heavy atom. The maximum Gasteiger partial charge on any atom is 0.412 e. The van der Waals surface area contributed by atoms with Crippen LogP contribution < -0.4 is 15.4 Å². The molecule has 0 aliphatic carbocycles. The highest BCUT2D eigenvalue weighted by Gasteiger charge is 2.16. The van der Waals surface area contributed by atoms with Gasteiger partial charge in [0.1, 0.15) is 5.75 Å². The van der Waals surface area contributed by atoms with E-state index in [0.717, 1.165) is 32.4 Å². The minimum atomic E-state index is -0.352. The molecule has 0 spiro atoms. The lowest BCUT2D eigenvalue weighted by Crippen LogP contribution is -2.43. The lowest BCUT2D eigenvalue weighted by Gasteiger charge is -2.23. The van der Waals surface area contributed by atoms with E-state index < -0.39 is 0 Å². The van der Waals surface area contributed by atoms with E-state index in [1.807, 2.05) is 18.2 Å². The summed E-state index contributed by atoms with van der Waals surface area (Å²) in [5.41, 5.74) is 1.17. The van der Waals surface area contributed by atoms with Crippen molar-refractivity contribution in [3.63, 3.8) is 0 Å². The maximum absolute atomic E-state index is 11.7. The minimum absolute atomic E-state index is 0.230. The zero-order chi connectivity index (χ0) is 12.8. The number of aryl methyl sites for hydroxylation is 1. The van der Waals surface area contributed by atoms with Gasteiger partial charge in [-0.15, -0.1) is 0 Å². The lowest BCUT2D eigenvalue weighted by molar-refractivity contribution is 0.193. The van der Waals surface area contributed by atoms with E-state index in [9.17, 15) is 4.79 Å². The zero-order valence-corrected chi connectivity index (χ0v) is 10.7. The number of ether oxygens (including phenoxy) is 1. The van der Waals surface area contributed by atoms with Crippen molar-refractivity contribution in [3.05, 3.63) is 29.8 Å². The molecular weight excluding hydrogens is 228 g/mol. The van der Waals surface area contributed by atoms with Gasteiger partial charge < -0.3 is 15.4 Å². The summed E-state index contributed by atoms with van der Waals surface area (Å²) in [5.74, 6) is 0.612. The molecule has 4 heteroatoms. The second-order valence-corrected chi connectivity index (χ2v) is 4.56. The fourth-order valence-corrected chi connectivity index (χ4v) is 2.10. The van der Waals surface area contributed by atoms with Crippen LogP contribution in [0.25, 0.3) is 0 Å². The summed E-state index contributed by atoms with van der Waals surface area (Å²) in [7, 11) is 0. The molecule has 18 heavy (non-hydrogen) atoms. The predicted molar refractivity (Wildman–Crippen MR) is 70.9 cm³/mol. The number of carbonyl (C=O) groups is 1. The van der Waals surface area contributed by atoms with Crippen LogP contribution in [0.2, 0.25) is 0 Å². The van der Waals surface area contributed by atoms with E-state index >= 15 is 0 Å². The SMILES string of the molecule is CCc1cccc(OC(=O)NC2CCNCC2)c1. The van der Waals surface area contributed by atoms with Gasteiger partial charge in [0.2, 0.25) is 0 Å². The van der Waals surface area contributed by atoms with Crippen molar-refractivity contribution in [2.24, 2.45) is 0 Å². The van der Waals surface area contributed by atoms with Crippen LogP contribution in [0.15, 0.2) is 24.3 Å². The number of hydrogen-bond acceptors (Lipinski definition) is 3. The fourth-order valence-electron chi connectivity index (χ4n) is 2.10. The van der Waals surface area contributed by atoms with Crippen molar-refractivity contribution in [1.82, 2.24) is 10.6 Å². The van der Waals surface area contributed by atoms with Gasteiger partial charge >= 0.3 is 6.09 Å². The van der Waals surface area contributed by atoms with E-state index in [0.29, 0.717) is 5.75 Å². The summed E-state index contributed by atoms with van der Waals surface area (Å²) < 4.78 is 5.29. The second kappa shape index (κ2) is 6.40. The molecule has 1 amide bonds. The number of amides is 1. The van der Waals surface area contributed by atoms with Crippen LogP contribution in [0, 0.1) is 0 Å². The highest BCUT2D eigenvalue weighted by Crippen LogP contribution is 2.14. The summed E-state index contributed by atoms with van der Waals surface area (Å²) >= 11 is 0. The molecular formula is C14H20N2O2. The zero-order valence-electron chi connectivity index (χ0n) is 10.7. The van der Waals surface area contributed by atoms with Crippen molar-refractivity contribution >= 4 is 6.09 Å². The molecule has 0 atom stereocenters. The predicted octanol–water partition coefficient (Wildman–Crippen LogP) is 2.09. The first-order valence-corrected chi connectivity index (χ1v) is 6.56. The van der Waals surface area contributed by atoms with Gasteiger partial charge in [-0.05, 0) is 50.0 Å². The third-order valence-corrected chi connectivity index (χ3v) is 3.18. The summed E-state index contributed by atoms with van der Waals surface area (Å²) in [6, 6.07) is 7.88. The Labute approximate surface area is 108 Å². The minimum Gasteiger partial charge on any atom is -0.410 e. The quantitative estimate of drug-likeness (QED) is 0.861. The summed E-state index contributed by atoms with van der Waals surface area (Å²) in [6.07, 6.45) is 2.51. The van der Waals surface area contributed by atoms with Crippen molar-refractivity contribution in [2.45, 2.75) is 32.2 Å². The highest BCUT2D eigenvalue weighted by molar-refractivity contribution is 5.70. The van der Waals surface area contributed by atoms with E-state index in [4.69, 9.17) is 4.74 Å². The lowest BCUT2D eigenvalue weighted by atomic mass is 10.1. The standard InChI is InChI=1S/C14H20N2O2/c1-2-11-4-3-5-13(10-11)18-14(17)16-12-6-8-15-9-7-12/h3-5,10,12,15H,2,6-9H2,1H3,(H,16,17). The smallest absolute Gasteiger partial charge is 0.410 e. The molecule has 1 aromatic carbocycles. The largest absolute Gasteiger partial charge is 0.412 e.